The number of ether oxygens (including phenoxy) is 1. The number of hydrogen-bond acceptors (Lipinski definition) is 3. The molecule has 0 bridgehead atoms. The van der Waals surface area contributed by atoms with Gasteiger partial charge in [-0.3, -0.25) is 0 Å². The van der Waals surface area contributed by atoms with Crippen LogP contribution in [0.15, 0.2) is 22.8 Å². The molecule has 0 aliphatic heterocycles. The van der Waals surface area contributed by atoms with Crippen LogP contribution in [0.5, 0.6) is 0 Å². The summed E-state index contributed by atoms with van der Waals surface area (Å²) in [6.45, 7) is 7.20. The van der Waals surface area contributed by atoms with Gasteiger partial charge in [0.05, 0.1) is 18.9 Å². The van der Waals surface area contributed by atoms with E-state index < -0.39 is 0 Å². The monoisotopic (exact) mass is 211 g/mol. The largest absolute Gasteiger partial charge is 0.468 e. The Morgan fingerprint density at radius 2 is 2.13 bits per heavy atom. The lowest BCUT2D eigenvalue weighted by Gasteiger charge is -2.24. The maximum absolute atomic E-state index is 5.35. The molecule has 1 heterocycles. The molecule has 1 aromatic heterocycles. The van der Waals surface area contributed by atoms with Gasteiger partial charge in [0.15, 0.2) is 0 Å². The highest BCUT2D eigenvalue weighted by Crippen LogP contribution is 2.15. The van der Waals surface area contributed by atoms with E-state index in [1.165, 1.54) is 0 Å². The normalized spacial score (nSPS) is 15.5. The third-order valence-corrected chi connectivity index (χ3v) is 2.58. The number of rotatable bonds is 6. The summed E-state index contributed by atoms with van der Waals surface area (Å²) in [6, 6.07) is 4.48. The zero-order chi connectivity index (χ0) is 11.3. The van der Waals surface area contributed by atoms with Gasteiger partial charge >= 0.3 is 0 Å². The molecule has 15 heavy (non-hydrogen) atoms. The number of methoxy groups -OCH3 is 1. The van der Waals surface area contributed by atoms with Crippen LogP contribution in [-0.2, 0) is 4.74 Å². The molecule has 1 unspecified atom stereocenters. The standard InChI is InChI=1S/C12H21NO2/c1-9(2)11(8-14-4)13-10(3)12-6-5-7-15-12/h5-7,9-11,13H,8H2,1-4H3/t10-,11?/m0/s1. The van der Waals surface area contributed by atoms with Crippen molar-refractivity contribution in [3.8, 4) is 0 Å². The lowest BCUT2D eigenvalue weighted by atomic mass is 10.0. The zero-order valence-electron chi connectivity index (χ0n) is 9.99. The van der Waals surface area contributed by atoms with Crippen LogP contribution in [0.1, 0.15) is 32.6 Å². The fraction of sp³-hybridized carbons (Fsp3) is 0.667. The van der Waals surface area contributed by atoms with Gasteiger partial charge in [-0.2, -0.15) is 0 Å². The van der Waals surface area contributed by atoms with Gasteiger partial charge in [0.25, 0.3) is 0 Å². The summed E-state index contributed by atoms with van der Waals surface area (Å²) in [5.41, 5.74) is 0. The van der Waals surface area contributed by atoms with E-state index in [0.29, 0.717) is 12.0 Å². The van der Waals surface area contributed by atoms with Crippen molar-refractivity contribution in [1.82, 2.24) is 5.32 Å². The van der Waals surface area contributed by atoms with Crippen LogP contribution in [0.3, 0.4) is 0 Å². The highest BCUT2D eigenvalue weighted by atomic mass is 16.5. The maximum Gasteiger partial charge on any atom is 0.120 e. The van der Waals surface area contributed by atoms with Gasteiger partial charge in [-0.1, -0.05) is 13.8 Å². The SMILES string of the molecule is COCC(N[C@@H](C)c1ccco1)C(C)C. The first-order chi connectivity index (χ1) is 7.15. The molecule has 3 heteroatoms. The van der Waals surface area contributed by atoms with E-state index >= 15 is 0 Å². The molecule has 1 N–H and O–H groups in total. The molecular formula is C12H21NO2. The smallest absolute Gasteiger partial charge is 0.120 e. The van der Waals surface area contributed by atoms with Crippen LogP contribution in [0.4, 0.5) is 0 Å². The van der Waals surface area contributed by atoms with Gasteiger partial charge < -0.3 is 14.5 Å². The molecule has 0 spiro atoms. The minimum atomic E-state index is 0.225. The topological polar surface area (TPSA) is 34.4 Å². The number of furan rings is 1. The first kappa shape index (κ1) is 12.3. The summed E-state index contributed by atoms with van der Waals surface area (Å²) in [5.74, 6) is 1.51. The van der Waals surface area contributed by atoms with Gasteiger partial charge in [-0.15, -0.1) is 0 Å². The lowest BCUT2D eigenvalue weighted by Crippen LogP contribution is -2.39. The minimum Gasteiger partial charge on any atom is -0.468 e. The number of hydrogen-bond donors (Lipinski definition) is 1. The van der Waals surface area contributed by atoms with Gasteiger partial charge in [-0.25, -0.2) is 0 Å². The molecule has 2 atom stereocenters. The van der Waals surface area contributed by atoms with Crippen LogP contribution in [0.2, 0.25) is 0 Å². The van der Waals surface area contributed by atoms with E-state index in [9.17, 15) is 0 Å². The molecule has 0 aliphatic carbocycles. The van der Waals surface area contributed by atoms with E-state index in [1.807, 2.05) is 12.1 Å². The predicted molar refractivity (Wildman–Crippen MR) is 60.8 cm³/mol. The van der Waals surface area contributed by atoms with Crippen molar-refractivity contribution in [3.63, 3.8) is 0 Å². The third-order valence-electron chi connectivity index (χ3n) is 2.58. The molecule has 0 aromatic carbocycles. The molecule has 0 radical (unpaired) electrons. The Morgan fingerprint density at radius 3 is 2.60 bits per heavy atom. The summed E-state index contributed by atoms with van der Waals surface area (Å²) < 4.78 is 10.5. The minimum absolute atomic E-state index is 0.225. The van der Waals surface area contributed by atoms with Crippen LogP contribution < -0.4 is 5.32 Å². The average molecular weight is 211 g/mol. The van der Waals surface area contributed by atoms with Crippen LogP contribution in [-0.4, -0.2) is 19.8 Å². The predicted octanol–water partition coefficient (Wildman–Crippen LogP) is 2.60. The molecule has 0 saturated heterocycles. The number of nitrogens with one attached hydrogen (secondary N) is 1. The van der Waals surface area contributed by atoms with Crippen molar-refractivity contribution in [2.75, 3.05) is 13.7 Å². The Balaban J connectivity index is 2.50. The van der Waals surface area contributed by atoms with Crippen molar-refractivity contribution in [2.24, 2.45) is 5.92 Å². The molecule has 3 nitrogen and oxygen atoms in total. The van der Waals surface area contributed by atoms with Crippen LogP contribution in [0.25, 0.3) is 0 Å². The Hall–Kier alpha value is -0.800. The van der Waals surface area contributed by atoms with Crippen molar-refractivity contribution < 1.29 is 9.15 Å². The summed E-state index contributed by atoms with van der Waals surface area (Å²) >= 11 is 0. The molecule has 1 rings (SSSR count). The van der Waals surface area contributed by atoms with Gasteiger partial charge in [-0.05, 0) is 25.0 Å². The van der Waals surface area contributed by atoms with E-state index in [1.54, 1.807) is 13.4 Å². The van der Waals surface area contributed by atoms with E-state index in [4.69, 9.17) is 9.15 Å². The molecule has 1 aromatic rings. The fourth-order valence-corrected chi connectivity index (χ4v) is 1.55. The highest BCUT2D eigenvalue weighted by Gasteiger charge is 2.17. The van der Waals surface area contributed by atoms with Gasteiger partial charge in [0.1, 0.15) is 5.76 Å². The maximum atomic E-state index is 5.35. The molecule has 0 fully saturated rings. The summed E-state index contributed by atoms with van der Waals surface area (Å²) in [7, 11) is 1.73. The molecule has 0 saturated carbocycles. The molecular weight excluding hydrogens is 190 g/mol. The second-order valence-electron chi connectivity index (χ2n) is 4.21. The van der Waals surface area contributed by atoms with E-state index in [0.717, 1.165) is 12.4 Å². The van der Waals surface area contributed by atoms with Crippen molar-refractivity contribution >= 4 is 0 Å². The Labute approximate surface area is 91.8 Å². The van der Waals surface area contributed by atoms with Gasteiger partial charge in [0.2, 0.25) is 0 Å². The second kappa shape index (κ2) is 5.93. The summed E-state index contributed by atoms with van der Waals surface area (Å²) in [4.78, 5) is 0. The van der Waals surface area contributed by atoms with Crippen LogP contribution in [0, 0.1) is 5.92 Å². The molecule has 0 amide bonds. The van der Waals surface area contributed by atoms with Crippen molar-refractivity contribution in [1.29, 1.82) is 0 Å². The van der Waals surface area contributed by atoms with Crippen LogP contribution >= 0.6 is 0 Å². The third kappa shape index (κ3) is 3.68. The fourth-order valence-electron chi connectivity index (χ4n) is 1.55. The van der Waals surface area contributed by atoms with Gasteiger partial charge in [0, 0.05) is 13.2 Å². The Morgan fingerprint density at radius 1 is 1.40 bits per heavy atom. The first-order valence-corrected chi connectivity index (χ1v) is 5.43. The lowest BCUT2D eigenvalue weighted by molar-refractivity contribution is 0.139. The average Bonchev–Trinajstić information content (AvgIpc) is 2.69. The highest BCUT2D eigenvalue weighted by molar-refractivity contribution is 5.03. The zero-order valence-corrected chi connectivity index (χ0v) is 9.99. The first-order valence-electron chi connectivity index (χ1n) is 5.43. The molecule has 86 valence electrons. The second-order valence-corrected chi connectivity index (χ2v) is 4.21. The Kier molecular flexibility index (Phi) is 4.85. The molecule has 0 aliphatic rings. The summed E-state index contributed by atoms with van der Waals surface area (Å²) in [6.07, 6.45) is 1.70. The van der Waals surface area contributed by atoms with Crippen molar-refractivity contribution in [2.45, 2.75) is 32.9 Å². The quantitative estimate of drug-likeness (QED) is 0.785. The summed E-state index contributed by atoms with van der Waals surface area (Å²) in [5, 5.41) is 3.50. The van der Waals surface area contributed by atoms with E-state index in [-0.39, 0.29) is 6.04 Å². The van der Waals surface area contributed by atoms with E-state index in [2.05, 4.69) is 26.1 Å². The van der Waals surface area contributed by atoms with Crippen molar-refractivity contribution in [3.05, 3.63) is 24.2 Å². The Bertz CT molecular complexity index is 257.